The summed E-state index contributed by atoms with van der Waals surface area (Å²) >= 11 is 1.50. The van der Waals surface area contributed by atoms with E-state index in [0.717, 1.165) is 24.8 Å². The van der Waals surface area contributed by atoms with Crippen molar-refractivity contribution in [2.24, 2.45) is 5.92 Å². The van der Waals surface area contributed by atoms with Gasteiger partial charge in [-0.25, -0.2) is 0 Å². The van der Waals surface area contributed by atoms with E-state index in [-0.39, 0.29) is 11.7 Å². The van der Waals surface area contributed by atoms with Crippen molar-refractivity contribution in [2.45, 2.75) is 33.1 Å². The third kappa shape index (κ3) is 2.57. The minimum Gasteiger partial charge on any atom is -0.351 e. The summed E-state index contributed by atoms with van der Waals surface area (Å²) in [6, 6.07) is 3.81. The van der Waals surface area contributed by atoms with Crippen LogP contribution in [0.15, 0.2) is 10.6 Å². The van der Waals surface area contributed by atoms with Gasteiger partial charge in [-0.3, -0.25) is 4.79 Å². The van der Waals surface area contributed by atoms with Gasteiger partial charge in [0, 0.05) is 10.9 Å². The van der Waals surface area contributed by atoms with Crippen molar-refractivity contribution < 1.29 is 9.32 Å². The van der Waals surface area contributed by atoms with Crippen LogP contribution in [0.4, 0.5) is 5.00 Å². The number of nitrogens with one attached hydrogen (secondary N) is 1. The second-order valence-electron chi connectivity index (χ2n) is 5.45. The Morgan fingerprint density at radius 3 is 3.10 bits per heavy atom. The SMILES string of the molecule is Cc1cc(C(=O)Nc2sc3c(c2C#N)CCC(C)C3)on1. The van der Waals surface area contributed by atoms with E-state index in [9.17, 15) is 10.1 Å². The molecule has 2 aromatic rings. The van der Waals surface area contributed by atoms with Crippen LogP contribution in [0, 0.1) is 24.2 Å². The lowest BCUT2D eigenvalue weighted by atomic mass is 9.89. The van der Waals surface area contributed by atoms with Gasteiger partial charge in [0.25, 0.3) is 5.91 Å². The van der Waals surface area contributed by atoms with Crippen molar-refractivity contribution in [3.05, 3.63) is 33.5 Å². The molecule has 0 bridgehead atoms. The molecule has 1 aliphatic carbocycles. The zero-order valence-electron chi connectivity index (χ0n) is 11.9. The molecule has 108 valence electrons. The molecule has 1 aliphatic rings. The number of fused-ring (bicyclic) bond motifs is 1. The first-order valence-electron chi connectivity index (χ1n) is 6.87. The highest BCUT2D eigenvalue weighted by Gasteiger charge is 2.25. The first-order chi connectivity index (χ1) is 10.1. The van der Waals surface area contributed by atoms with Crippen LogP contribution in [0.1, 0.15) is 45.6 Å². The van der Waals surface area contributed by atoms with E-state index in [0.29, 0.717) is 22.2 Å². The average molecular weight is 301 g/mol. The first kappa shape index (κ1) is 13.8. The second kappa shape index (κ2) is 5.34. The number of hydrogen-bond donors (Lipinski definition) is 1. The van der Waals surface area contributed by atoms with Crippen molar-refractivity contribution in [3.8, 4) is 6.07 Å². The lowest BCUT2D eigenvalue weighted by molar-refractivity contribution is 0.0988. The smallest absolute Gasteiger partial charge is 0.294 e. The summed E-state index contributed by atoms with van der Waals surface area (Å²) in [5.41, 5.74) is 2.36. The van der Waals surface area contributed by atoms with Crippen molar-refractivity contribution >= 4 is 22.2 Å². The van der Waals surface area contributed by atoms with Gasteiger partial charge in [0.2, 0.25) is 5.76 Å². The normalized spacial score (nSPS) is 17.1. The number of carbonyl (C=O) groups excluding carboxylic acids is 1. The number of aryl methyl sites for hydroxylation is 1. The Labute approximate surface area is 126 Å². The standard InChI is InChI=1S/C15H15N3O2S/c1-8-3-4-10-11(7-16)15(21-13(10)5-8)17-14(19)12-6-9(2)18-20-12/h6,8H,3-5H2,1-2H3,(H,17,19). The Hall–Kier alpha value is -2.13. The lowest BCUT2D eigenvalue weighted by Gasteiger charge is -2.17. The van der Waals surface area contributed by atoms with E-state index in [1.165, 1.54) is 16.2 Å². The first-order valence-corrected chi connectivity index (χ1v) is 7.69. The number of rotatable bonds is 2. The Morgan fingerprint density at radius 2 is 2.43 bits per heavy atom. The van der Waals surface area contributed by atoms with Gasteiger partial charge in [-0.2, -0.15) is 5.26 Å². The summed E-state index contributed by atoms with van der Waals surface area (Å²) < 4.78 is 4.95. The van der Waals surface area contributed by atoms with E-state index in [1.54, 1.807) is 13.0 Å². The molecule has 0 aliphatic heterocycles. The molecule has 3 rings (SSSR count). The number of amides is 1. The minimum atomic E-state index is -0.362. The van der Waals surface area contributed by atoms with Gasteiger partial charge >= 0.3 is 0 Å². The molecule has 1 N–H and O–H groups in total. The molecule has 0 saturated heterocycles. The molecule has 5 nitrogen and oxygen atoms in total. The van der Waals surface area contributed by atoms with Crippen LogP contribution in [-0.4, -0.2) is 11.1 Å². The van der Waals surface area contributed by atoms with E-state index in [2.05, 4.69) is 23.5 Å². The quantitative estimate of drug-likeness (QED) is 0.923. The summed E-state index contributed by atoms with van der Waals surface area (Å²) in [6.07, 6.45) is 2.98. The third-order valence-corrected chi connectivity index (χ3v) is 4.87. The molecular formula is C15H15N3O2S. The molecule has 0 radical (unpaired) electrons. The van der Waals surface area contributed by atoms with Crippen molar-refractivity contribution in [1.29, 1.82) is 5.26 Å². The molecule has 0 aromatic carbocycles. The molecule has 6 heteroatoms. The van der Waals surface area contributed by atoms with Crippen LogP contribution in [0.2, 0.25) is 0 Å². The fourth-order valence-corrected chi connectivity index (χ4v) is 3.95. The minimum absolute atomic E-state index is 0.163. The van der Waals surface area contributed by atoms with E-state index in [1.807, 2.05) is 0 Å². The number of anilines is 1. The van der Waals surface area contributed by atoms with E-state index >= 15 is 0 Å². The largest absolute Gasteiger partial charge is 0.351 e. The number of hydrogen-bond acceptors (Lipinski definition) is 5. The summed E-state index contributed by atoms with van der Waals surface area (Å²) in [4.78, 5) is 13.3. The molecule has 2 aromatic heterocycles. The highest BCUT2D eigenvalue weighted by atomic mass is 32.1. The molecule has 2 heterocycles. The van der Waals surface area contributed by atoms with Crippen LogP contribution < -0.4 is 5.32 Å². The maximum absolute atomic E-state index is 12.1. The van der Waals surface area contributed by atoms with Crippen molar-refractivity contribution in [3.63, 3.8) is 0 Å². The van der Waals surface area contributed by atoms with Crippen LogP contribution in [-0.2, 0) is 12.8 Å². The van der Waals surface area contributed by atoms with Gasteiger partial charge in [-0.05, 0) is 37.7 Å². The lowest BCUT2D eigenvalue weighted by Crippen LogP contribution is -2.11. The van der Waals surface area contributed by atoms with Gasteiger partial charge in [-0.15, -0.1) is 11.3 Å². The maximum atomic E-state index is 12.1. The summed E-state index contributed by atoms with van der Waals surface area (Å²) in [7, 11) is 0. The molecule has 0 fully saturated rings. The summed E-state index contributed by atoms with van der Waals surface area (Å²) in [5.74, 6) is 0.429. The number of carbonyl (C=O) groups is 1. The fourth-order valence-electron chi connectivity index (χ4n) is 2.59. The Kier molecular flexibility index (Phi) is 3.52. The summed E-state index contributed by atoms with van der Waals surface area (Å²) in [5, 5.41) is 16.5. The fraction of sp³-hybridized carbons (Fsp3) is 0.400. The molecule has 0 spiro atoms. The van der Waals surface area contributed by atoms with Crippen LogP contribution in [0.5, 0.6) is 0 Å². The molecule has 0 saturated carbocycles. The van der Waals surface area contributed by atoms with Gasteiger partial charge in [0.15, 0.2) is 0 Å². The number of nitriles is 1. The van der Waals surface area contributed by atoms with Crippen LogP contribution in [0.3, 0.4) is 0 Å². The predicted octanol–water partition coefficient (Wildman–Crippen LogP) is 3.29. The number of thiophene rings is 1. The molecular weight excluding hydrogens is 286 g/mol. The zero-order valence-corrected chi connectivity index (χ0v) is 12.7. The van der Waals surface area contributed by atoms with Gasteiger partial charge in [0.05, 0.1) is 11.3 Å². The van der Waals surface area contributed by atoms with Crippen molar-refractivity contribution in [2.75, 3.05) is 5.32 Å². The molecule has 21 heavy (non-hydrogen) atoms. The zero-order chi connectivity index (χ0) is 15.0. The number of nitrogens with zero attached hydrogens (tertiary/aromatic N) is 2. The van der Waals surface area contributed by atoms with Gasteiger partial charge in [0.1, 0.15) is 11.1 Å². The molecule has 1 atom stereocenters. The van der Waals surface area contributed by atoms with Crippen LogP contribution in [0.25, 0.3) is 0 Å². The van der Waals surface area contributed by atoms with Crippen molar-refractivity contribution in [1.82, 2.24) is 5.16 Å². The van der Waals surface area contributed by atoms with E-state index < -0.39 is 0 Å². The Morgan fingerprint density at radius 1 is 1.62 bits per heavy atom. The average Bonchev–Trinajstić information content (AvgIpc) is 3.01. The molecule has 1 unspecified atom stereocenters. The molecule has 1 amide bonds. The maximum Gasteiger partial charge on any atom is 0.294 e. The second-order valence-corrected chi connectivity index (χ2v) is 6.56. The highest BCUT2D eigenvalue weighted by Crippen LogP contribution is 2.39. The van der Waals surface area contributed by atoms with Crippen LogP contribution >= 0.6 is 11.3 Å². The van der Waals surface area contributed by atoms with E-state index in [4.69, 9.17) is 4.52 Å². The summed E-state index contributed by atoms with van der Waals surface area (Å²) in [6.45, 7) is 3.97. The highest BCUT2D eigenvalue weighted by molar-refractivity contribution is 7.16. The van der Waals surface area contributed by atoms with Gasteiger partial charge in [-0.1, -0.05) is 12.1 Å². The Balaban J connectivity index is 1.89. The monoisotopic (exact) mass is 301 g/mol. The predicted molar refractivity (Wildman–Crippen MR) is 79.4 cm³/mol. The topological polar surface area (TPSA) is 78.9 Å². The third-order valence-electron chi connectivity index (χ3n) is 3.70. The van der Waals surface area contributed by atoms with Gasteiger partial charge < -0.3 is 9.84 Å². The number of aromatic nitrogens is 1. The Bertz CT molecular complexity index is 739.